The van der Waals surface area contributed by atoms with Gasteiger partial charge in [0.05, 0.1) is 30.6 Å². The fourth-order valence-corrected chi connectivity index (χ4v) is 5.38. The second-order valence-corrected chi connectivity index (χ2v) is 8.06. The molecule has 0 spiro atoms. The van der Waals surface area contributed by atoms with Gasteiger partial charge in [0.1, 0.15) is 12.3 Å². The smallest absolute Gasteiger partial charge is 0.353 e. The maximum absolute atomic E-state index is 12.7. The molecule has 8 nitrogen and oxygen atoms in total. The van der Waals surface area contributed by atoms with Gasteiger partial charge in [-0.2, -0.15) is 5.26 Å². The summed E-state index contributed by atoms with van der Waals surface area (Å²) in [5, 5.41) is 28.9. The molecule has 0 bridgehead atoms. The van der Waals surface area contributed by atoms with Gasteiger partial charge in [-0.15, -0.1) is 18.3 Å². The lowest BCUT2D eigenvalue weighted by atomic mass is 9.65. The Hall–Kier alpha value is -2.57. The first-order valence-corrected chi connectivity index (χ1v) is 10.1. The highest BCUT2D eigenvalue weighted by Gasteiger charge is 2.67. The van der Waals surface area contributed by atoms with Crippen LogP contribution in [0.2, 0.25) is 0 Å². The van der Waals surface area contributed by atoms with Crippen LogP contribution in [0.1, 0.15) is 26.2 Å². The van der Waals surface area contributed by atoms with Crippen molar-refractivity contribution in [1.82, 2.24) is 4.90 Å². The van der Waals surface area contributed by atoms with Crippen molar-refractivity contribution < 1.29 is 29.3 Å². The lowest BCUT2D eigenvalue weighted by molar-refractivity contribution is -0.169. The van der Waals surface area contributed by atoms with Gasteiger partial charge in [0, 0.05) is 22.5 Å². The molecule has 0 aromatic rings. The molecule has 2 aliphatic heterocycles. The number of nitrogens with zero attached hydrogens (tertiary/aromatic N) is 2. The first-order valence-electron chi connectivity index (χ1n) is 9.13. The van der Waals surface area contributed by atoms with Crippen LogP contribution in [0, 0.1) is 22.7 Å². The van der Waals surface area contributed by atoms with Crippen molar-refractivity contribution in [3.8, 4) is 6.07 Å². The maximum Gasteiger partial charge on any atom is 0.353 e. The van der Waals surface area contributed by atoms with E-state index in [-0.39, 0.29) is 31.6 Å². The van der Waals surface area contributed by atoms with Crippen molar-refractivity contribution in [2.45, 2.75) is 38.3 Å². The number of aliphatic carboxylic acids is 1. The fourth-order valence-electron chi connectivity index (χ4n) is 4.10. The number of carboxylic acid groups (broad SMARTS) is 1. The number of carboxylic acids is 1. The van der Waals surface area contributed by atoms with Gasteiger partial charge in [-0.3, -0.25) is 9.59 Å². The Kier molecular flexibility index (Phi) is 7.27. The molecule has 2 heterocycles. The van der Waals surface area contributed by atoms with Crippen LogP contribution < -0.4 is 0 Å². The van der Waals surface area contributed by atoms with Gasteiger partial charge in [-0.25, -0.2) is 4.79 Å². The van der Waals surface area contributed by atoms with Crippen LogP contribution in [0.15, 0.2) is 35.9 Å². The van der Waals surface area contributed by atoms with E-state index in [1.165, 1.54) is 17.9 Å². The second kappa shape index (κ2) is 9.29. The standard InChI is InChI=1S/C20H24N2O6S/c1-4-7-20(11-13(24)28-9-5-2)16-14(12(3)23)18(25)22(16)15(19(26)27)17(20)29-10-6-8-21/h4-5,12,14,16,23H,1-2,6-7,9-11H2,3H3,(H,26,27)/t12-,14-,16+,20-/m1/s1. The number of carbonyl (C=O) groups excluding carboxylic acids is 2. The number of thioether (sulfide) groups is 1. The molecule has 2 N–H and O–H groups in total. The lowest BCUT2D eigenvalue weighted by Gasteiger charge is -2.51. The summed E-state index contributed by atoms with van der Waals surface area (Å²) in [7, 11) is 0. The summed E-state index contributed by atoms with van der Waals surface area (Å²) in [6.45, 7) is 8.72. The quantitative estimate of drug-likeness (QED) is 0.224. The zero-order valence-electron chi connectivity index (χ0n) is 16.2. The molecule has 0 aromatic carbocycles. The van der Waals surface area contributed by atoms with Crippen LogP contribution >= 0.6 is 11.8 Å². The summed E-state index contributed by atoms with van der Waals surface area (Å²) in [5.41, 5.74) is -1.29. The molecule has 1 amide bonds. The first kappa shape index (κ1) is 22.7. The highest BCUT2D eigenvalue weighted by Crippen LogP contribution is 2.61. The molecule has 0 saturated carbocycles. The Morgan fingerprint density at radius 1 is 1.45 bits per heavy atom. The number of carbonyl (C=O) groups is 3. The number of hydrogen-bond donors (Lipinski definition) is 2. The van der Waals surface area contributed by atoms with Crippen LogP contribution in [0.4, 0.5) is 0 Å². The number of rotatable bonds is 11. The molecule has 0 unspecified atom stereocenters. The zero-order valence-corrected chi connectivity index (χ0v) is 17.0. The number of β-lactam (4-membered cyclic amide) rings is 1. The molecule has 2 aliphatic rings. The number of aliphatic hydroxyl groups is 1. The molecular formula is C20H24N2O6S. The molecule has 0 radical (unpaired) electrons. The molecule has 9 heteroatoms. The molecule has 1 fully saturated rings. The fraction of sp³-hybridized carbons (Fsp3) is 0.500. The highest BCUT2D eigenvalue weighted by atomic mass is 32.2. The summed E-state index contributed by atoms with van der Waals surface area (Å²) >= 11 is 1.15. The van der Waals surface area contributed by atoms with Crippen molar-refractivity contribution in [3.05, 3.63) is 35.9 Å². The third-order valence-electron chi connectivity index (χ3n) is 5.13. The Labute approximate surface area is 173 Å². The largest absolute Gasteiger partial charge is 0.477 e. The SMILES string of the molecule is C=CCOC(=O)C[C@@]1(CC=C)C(SCCC#N)=C(C(=O)O)N2C(=O)[C@H]([C@@H](C)O)[C@H]21. The van der Waals surface area contributed by atoms with Crippen LogP contribution in [-0.4, -0.2) is 57.5 Å². The molecule has 29 heavy (non-hydrogen) atoms. The van der Waals surface area contributed by atoms with Crippen LogP contribution in [-0.2, 0) is 19.1 Å². The van der Waals surface area contributed by atoms with E-state index in [1.807, 2.05) is 6.07 Å². The summed E-state index contributed by atoms with van der Waals surface area (Å²) in [6, 6.07) is 1.29. The van der Waals surface area contributed by atoms with E-state index < -0.39 is 41.3 Å². The van der Waals surface area contributed by atoms with Gasteiger partial charge < -0.3 is 19.8 Å². The van der Waals surface area contributed by atoms with Crippen molar-refractivity contribution in [2.75, 3.05) is 12.4 Å². The van der Waals surface area contributed by atoms with E-state index >= 15 is 0 Å². The van der Waals surface area contributed by atoms with E-state index in [2.05, 4.69) is 13.2 Å². The van der Waals surface area contributed by atoms with Crippen molar-refractivity contribution in [3.63, 3.8) is 0 Å². The van der Waals surface area contributed by atoms with E-state index in [4.69, 9.17) is 10.00 Å². The predicted molar refractivity (Wildman–Crippen MR) is 106 cm³/mol. The predicted octanol–water partition coefficient (Wildman–Crippen LogP) is 1.83. The van der Waals surface area contributed by atoms with Gasteiger partial charge in [0.25, 0.3) is 0 Å². The van der Waals surface area contributed by atoms with E-state index in [0.717, 1.165) is 11.8 Å². The van der Waals surface area contributed by atoms with E-state index in [0.29, 0.717) is 10.7 Å². The number of esters is 1. The number of fused-ring (bicyclic) bond motifs is 1. The van der Waals surface area contributed by atoms with Gasteiger partial charge in [-0.1, -0.05) is 18.7 Å². The first-order chi connectivity index (χ1) is 13.8. The Bertz CT molecular complexity index is 799. The number of ether oxygens (including phenoxy) is 1. The molecule has 4 atom stereocenters. The summed E-state index contributed by atoms with van der Waals surface area (Å²) in [6.07, 6.45) is 2.17. The number of hydrogen-bond acceptors (Lipinski definition) is 7. The van der Waals surface area contributed by atoms with Gasteiger partial charge in [0.2, 0.25) is 5.91 Å². The van der Waals surface area contributed by atoms with Gasteiger partial charge >= 0.3 is 11.9 Å². The highest BCUT2D eigenvalue weighted by molar-refractivity contribution is 8.03. The molecule has 1 saturated heterocycles. The molecule has 2 rings (SSSR count). The van der Waals surface area contributed by atoms with Crippen molar-refractivity contribution in [2.24, 2.45) is 11.3 Å². The van der Waals surface area contributed by atoms with E-state index in [9.17, 15) is 24.6 Å². The Morgan fingerprint density at radius 3 is 2.66 bits per heavy atom. The zero-order chi connectivity index (χ0) is 21.8. The Morgan fingerprint density at radius 2 is 2.14 bits per heavy atom. The third kappa shape index (κ3) is 3.95. The average Bonchev–Trinajstić information content (AvgIpc) is 2.87. The van der Waals surface area contributed by atoms with Gasteiger partial charge in [-0.05, 0) is 13.3 Å². The summed E-state index contributed by atoms with van der Waals surface area (Å²) < 4.78 is 5.14. The monoisotopic (exact) mass is 420 g/mol. The molecule has 0 aromatic heterocycles. The van der Waals surface area contributed by atoms with Crippen molar-refractivity contribution in [1.29, 1.82) is 5.26 Å². The van der Waals surface area contributed by atoms with Crippen LogP contribution in [0.3, 0.4) is 0 Å². The third-order valence-corrected chi connectivity index (χ3v) is 6.43. The minimum Gasteiger partial charge on any atom is -0.477 e. The molecule has 0 aliphatic carbocycles. The number of allylic oxidation sites excluding steroid dienone is 1. The maximum atomic E-state index is 12.7. The average molecular weight is 420 g/mol. The summed E-state index contributed by atoms with van der Waals surface area (Å²) in [5.74, 6) is -2.90. The van der Waals surface area contributed by atoms with Crippen LogP contribution in [0.25, 0.3) is 0 Å². The normalized spacial score (nSPS) is 26.2. The minimum absolute atomic E-state index is 0.00254. The van der Waals surface area contributed by atoms with E-state index in [1.54, 1.807) is 6.08 Å². The number of amides is 1. The molecule has 156 valence electrons. The summed E-state index contributed by atoms with van der Waals surface area (Å²) in [4.78, 5) is 38.8. The number of aliphatic hydroxyl groups excluding tert-OH is 1. The topological polar surface area (TPSA) is 128 Å². The van der Waals surface area contributed by atoms with Gasteiger partial charge in [0.15, 0.2) is 0 Å². The lowest BCUT2D eigenvalue weighted by Crippen LogP contribution is -2.66. The Balaban J connectivity index is 2.60. The van der Waals surface area contributed by atoms with Crippen molar-refractivity contribution >= 4 is 29.6 Å². The second-order valence-electron chi connectivity index (χ2n) is 6.96. The minimum atomic E-state index is -1.29. The van der Waals surface area contributed by atoms with Crippen LogP contribution in [0.5, 0.6) is 0 Å². The number of nitriles is 1. The molecular weight excluding hydrogens is 396 g/mol.